The topological polar surface area (TPSA) is 84.1 Å². The summed E-state index contributed by atoms with van der Waals surface area (Å²) in [5, 5.41) is 11.9. The van der Waals surface area contributed by atoms with Crippen molar-refractivity contribution in [1.82, 2.24) is 4.57 Å². The highest BCUT2D eigenvalue weighted by molar-refractivity contribution is 6.09. The van der Waals surface area contributed by atoms with Crippen molar-refractivity contribution >= 4 is 23.6 Å². The number of aryl methyl sites for hydroxylation is 1. The van der Waals surface area contributed by atoms with Crippen molar-refractivity contribution in [3.63, 3.8) is 0 Å². The molecule has 0 radical (unpaired) electrons. The van der Waals surface area contributed by atoms with Gasteiger partial charge in [-0.3, -0.25) is 4.79 Å². The van der Waals surface area contributed by atoms with Gasteiger partial charge in [0.05, 0.1) is 24.0 Å². The van der Waals surface area contributed by atoms with E-state index in [4.69, 9.17) is 4.74 Å². The fourth-order valence-electron chi connectivity index (χ4n) is 3.31. The molecule has 0 aliphatic heterocycles. The number of benzene rings is 2. The highest BCUT2D eigenvalue weighted by Crippen LogP contribution is 2.26. The molecule has 31 heavy (non-hydrogen) atoms. The Kier molecular flexibility index (Phi) is 6.32. The Balaban J connectivity index is 2.01. The lowest BCUT2D eigenvalue weighted by Gasteiger charge is -2.13. The third kappa shape index (κ3) is 4.38. The van der Waals surface area contributed by atoms with E-state index < -0.39 is 17.7 Å². The highest BCUT2D eigenvalue weighted by Gasteiger charge is 2.18. The summed E-state index contributed by atoms with van der Waals surface area (Å²) >= 11 is 0. The molecule has 1 N–H and O–H groups in total. The number of nitriles is 1. The molecule has 1 heterocycles. The van der Waals surface area contributed by atoms with Gasteiger partial charge in [-0.05, 0) is 55.8 Å². The number of rotatable bonds is 5. The van der Waals surface area contributed by atoms with Crippen LogP contribution in [0.25, 0.3) is 11.8 Å². The minimum Gasteiger partial charge on any atom is -0.465 e. The summed E-state index contributed by atoms with van der Waals surface area (Å²) in [6, 6.07) is 16.4. The number of carbonyl (C=O) groups is 2. The van der Waals surface area contributed by atoms with Crippen LogP contribution in [0, 0.1) is 31.0 Å². The predicted molar refractivity (Wildman–Crippen MR) is 115 cm³/mol. The molecule has 0 unspecified atom stereocenters. The summed E-state index contributed by atoms with van der Waals surface area (Å²) in [5.41, 5.74) is 2.97. The Bertz CT molecular complexity index is 1240. The lowest BCUT2D eigenvalue weighted by molar-refractivity contribution is -0.112. The number of hydrogen-bond acceptors (Lipinski definition) is 4. The molecule has 0 atom stereocenters. The third-order valence-corrected chi connectivity index (χ3v) is 4.81. The zero-order chi connectivity index (χ0) is 22.5. The Labute approximate surface area is 179 Å². The number of halogens is 1. The Morgan fingerprint density at radius 1 is 1.13 bits per heavy atom. The minimum atomic E-state index is -0.715. The fraction of sp³-hybridized carbons (Fsp3) is 0.125. The lowest BCUT2D eigenvalue weighted by atomic mass is 10.1. The van der Waals surface area contributed by atoms with Crippen molar-refractivity contribution in [3.8, 4) is 11.8 Å². The fourth-order valence-corrected chi connectivity index (χ4v) is 3.31. The smallest absolute Gasteiger partial charge is 0.339 e. The molecule has 7 heteroatoms. The number of carbonyl (C=O) groups excluding carboxylic acids is 2. The monoisotopic (exact) mass is 417 g/mol. The molecule has 0 aliphatic rings. The zero-order valence-electron chi connectivity index (χ0n) is 17.3. The van der Waals surface area contributed by atoms with Crippen LogP contribution in [-0.2, 0) is 9.53 Å². The van der Waals surface area contributed by atoms with Crippen LogP contribution in [0.4, 0.5) is 10.1 Å². The van der Waals surface area contributed by atoms with E-state index in [1.54, 1.807) is 36.4 Å². The van der Waals surface area contributed by atoms with Gasteiger partial charge in [-0.1, -0.05) is 24.3 Å². The van der Waals surface area contributed by atoms with Crippen LogP contribution >= 0.6 is 0 Å². The van der Waals surface area contributed by atoms with Gasteiger partial charge < -0.3 is 14.6 Å². The van der Waals surface area contributed by atoms with Crippen molar-refractivity contribution in [3.05, 3.63) is 88.5 Å². The first-order valence-electron chi connectivity index (χ1n) is 9.41. The maximum atomic E-state index is 13.8. The molecule has 3 rings (SSSR count). The van der Waals surface area contributed by atoms with Crippen molar-refractivity contribution in [2.75, 3.05) is 12.4 Å². The van der Waals surface area contributed by atoms with E-state index >= 15 is 0 Å². The number of amides is 1. The molecule has 156 valence electrons. The van der Waals surface area contributed by atoms with Crippen LogP contribution in [0.3, 0.4) is 0 Å². The first-order chi connectivity index (χ1) is 14.9. The number of hydrogen-bond donors (Lipinski definition) is 1. The van der Waals surface area contributed by atoms with Crippen molar-refractivity contribution in [2.24, 2.45) is 0 Å². The van der Waals surface area contributed by atoms with Gasteiger partial charge in [0.15, 0.2) is 0 Å². The number of nitrogens with one attached hydrogen (secondary N) is 1. The minimum absolute atomic E-state index is 0.00821. The van der Waals surface area contributed by atoms with E-state index in [0.717, 1.165) is 11.4 Å². The molecular formula is C24H20FN3O3. The molecule has 1 amide bonds. The Morgan fingerprint density at radius 2 is 1.81 bits per heavy atom. The Hall–Kier alpha value is -4.18. The summed E-state index contributed by atoms with van der Waals surface area (Å²) in [6.07, 6.45) is 1.44. The molecular weight excluding hydrogens is 397 g/mol. The van der Waals surface area contributed by atoms with Crippen LogP contribution in [0.15, 0.2) is 60.2 Å². The summed E-state index contributed by atoms with van der Waals surface area (Å²) in [5.74, 6) is -1.78. The Morgan fingerprint density at radius 3 is 2.48 bits per heavy atom. The second-order valence-corrected chi connectivity index (χ2v) is 6.77. The SMILES string of the molecule is COC(=O)c1ccccc1-n1c(C)cc(/C=C(/C#N)C(=O)Nc2ccccc2F)c1C. The van der Waals surface area contributed by atoms with E-state index in [1.165, 1.54) is 31.4 Å². The van der Waals surface area contributed by atoms with Crippen molar-refractivity contribution in [1.29, 1.82) is 5.26 Å². The van der Waals surface area contributed by atoms with Gasteiger partial charge in [-0.2, -0.15) is 5.26 Å². The molecule has 0 saturated heterocycles. The molecule has 0 spiro atoms. The number of ether oxygens (including phenoxy) is 1. The van der Waals surface area contributed by atoms with Crippen LogP contribution in [0.5, 0.6) is 0 Å². The van der Waals surface area contributed by atoms with E-state index in [-0.39, 0.29) is 11.3 Å². The summed E-state index contributed by atoms with van der Waals surface area (Å²) < 4.78 is 20.5. The number of para-hydroxylation sites is 2. The molecule has 2 aromatic carbocycles. The van der Waals surface area contributed by atoms with Gasteiger partial charge in [-0.25, -0.2) is 9.18 Å². The van der Waals surface area contributed by atoms with Crippen molar-refractivity contribution < 1.29 is 18.7 Å². The number of nitrogens with zero attached hydrogens (tertiary/aromatic N) is 2. The number of aromatic nitrogens is 1. The van der Waals surface area contributed by atoms with E-state index in [1.807, 2.05) is 24.5 Å². The first kappa shape index (κ1) is 21.5. The van der Waals surface area contributed by atoms with Gasteiger partial charge in [0, 0.05) is 11.4 Å². The third-order valence-electron chi connectivity index (χ3n) is 4.81. The van der Waals surface area contributed by atoms with Crippen molar-refractivity contribution in [2.45, 2.75) is 13.8 Å². The number of methoxy groups -OCH3 is 1. The normalized spacial score (nSPS) is 11.0. The van der Waals surface area contributed by atoms with Gasteiger partial charge >= 0.3 is 5.97 Å². The molecule has 0 aliphatic carbocycles. The summed E-state index contributed by atoms with van der Waals surface area (Å²) in [6.45, 7) is 3.67. The quantitative estimate of drug-likeness (QED) is 0.375. The van der Waals surface area contributed by atoms with Crippen LogP contribution in [-0.4, -0.2) is 23.6 Å². The highest BCUT2D eigenvalue weighted by atomic mass is 19.1. The van der Waals surface area contributed by atoms with Gasteiger partial charge in [0.25, 0.3) is 5.91 Å². The van der Waals surface area contributed by atoms with Crippen LogP contribution in [0.2, 0.25) is 0 Å². The molecule has 0 saturated carbocycles. The van der Waals surface area contributed by atoms with Gasteiger partial charge in [-0.15, -0.1) is 0 Å². The van der Waals surface area contributed by atoms with E-state index in [2.05, 4.69) is 5.32 Å². The average molecular weight is 417 g/mol. The van der Waals surface area contributed by atoms with Gasteiger partial charge in [0.2, 0.25) is 0 Å². The van der Waals surface area contributed by atoms with Crippen LogP contribution < -0.4 is 5.32 Å². The second kappa shape index (κ2) is 9.09. The maximum absolute atomic E-state index is 13.8. The van der Waals surface area contributed by atoms with E-state index in [0.29, 0.717) is 16.8 Å². The van der Waals surface area contributed by atoms with Gasteiger partial charge in [0.1, 0.15) is 17.5 Å². The number of esters is 1. The molecule has 6 nitrogen and oxygen atoms in total. The number of anilines is 1. The standard InChI is InChI=1S/C24H20FN3O3/c1-15-12-17(13-18(14-26)23(29)27-21-10-6-5-9-20(21)25)16(2)28(15)22-11-7-4-8-19(22)24(30)31-3/h4-13H,1-3H3,(H,27,29)/b18-13-. The first-order valence-corrected chi connectivity index (χ1v) is 9.41. The van der Waals surface area contributed by atoms with Crippen LogP contribution in [0.1, 0.15) is 27.3 Å². The lowest BCUT2D eigenvalue weighted by Crippen LogP contribution is -2.14. The maximum Gasteiger partial charge on any atom is 0.339 e. The summed E-state index contributed by atoms with van der Waals surface area (Å²) in [4.78, 5) is 24.7. The molecule has 1 aromatic heterocycles. The molecule has 0 bridgehead atoms. The zero-order valence-corrected chi connectivity index (χ0v) is 17.3. The summed E-state index contributed by atoms with van der Waals surface area (Å²) in [7, 11) is 1.32. The average Bonchev–Trinajstić information content (AvgIpc) is 3.05. The molecule has 3 aromatic rings. The van der Waals surface area contributed by atoms with E-state index in [9.17, 15) is 19.2 Å². The second-order valence-electron chi connectivity index (χ2n) is 6.77. The largest absolute Gasteiger partial charge is 0.465 e. The molecule has 0 fully saturated rings. The predicted octanol–water partition coefficient (Wildman–Crippen LogP) is 4.57.